The molecule has 1 heterocycles. The maximum absolute atomic E-state index is 14.0. The normalized spacial score (nSPS) is 14.7. The van der Waals surface area contributed by atoms with Crippen LogP contribution in [0.2, 0.25) is 0 Å². The summed E-state index contributed by atoms with van der Waals surface area (Å²) in [6.07, 6.45) is 0. The number of thioether (sulfide) groups is 1. The molecule has 0 radical (unpaired) electrons. The second kappa shape index (κ2) is 12.0. The summed E-state index contributed by atoms with van der Waals surface area (Å²) in [5.74, 6) is 1.04. The first-order chi connectivity index (χ1) is 15.5. The molecule has 1 unspecified atom stereocenters. The lowest BCUT2D eigenvalue weighted by molar-refractivity contribution is -0.113. The molecule has 32 heavy (non-hydrogen) atoms. The van der Waals surface area contributed by atoms with Crippen LogP contribution >= 0.6 is 11.8 Å². The number of carbonyl (C=O) groups is 1. The third-order valence-corrected chi connectivity index (χ3v) is 6.28. The van der Waals surface area contributed by atoms with Gasteiger partial charge in [0.2, 0.25) is 5.91 Å². The van der Waals surface area contributed by atoms with Gasteiger partial charge in [-0.15, -0.1) is 11.8 Å². The average molecular weight is 463 g/mol. The maximum Gasteiger partial charge on any atom is 0.234 e. The fourth-order valence-corrected chi connectivity index (χ4v) is 4.37. The van der Waals surface area contributed by atoms with Crippen LogP contribution in [0.4, 0.5) is 15.8 Å². The van der Waals surface area contributed by atoms with Gasteiger partial charge in [0.25, 0.3) is 0 Å². The standard InChI is InChI=1S/C24H31FN2O4S/c1-4-30-22-15-21(27-10-12-29-13-11-27)23(31-5-2)14-20(22)26-24(28)16-32-17(3)18-8-6-7-9-19(18)25/h6-9,14-15,17H,4-5,10-13,16H2,1-3H3,(H,26,28). The third-order valence-electron chi connectivity index (χ3n) is 5.09. The number of carbonyl (C=O) groups excluding carboxylic acids is 1. The Morgan fingerprint density at radius 3 is 2.53 bits per heavy atom. The number of hydrogen-bond acceptors (Lipinski definition) is 6. The molecular weight excluding hydrogens is 431 g/mol. The first-order valence-electron chi connectivity index (χ1n) is 11.0. The summed E-state index contributed by atoms with van der Waals surface area (Å²) in [6.45, 7) is 9.56. The van der Waals surface area contributed by atoms with Crippen molar-refractivity contribution >= 4 is 29.0 Å². The SMILES string of the molecule is CCOc1cc(N2CCOCC2)c(OCC)cc1NC(=O)CSC(C)c1ccccc1F. The van der Waals surface area contributed by atoms with Gasteiger partial charge < -0.3 is 24.4 Å². The number of nitrogens with zero attached hydrogens (tertiary/aromatic N) is 1. The first-order valence-corrected chi connectivity index (χ1v) is 12.0. The van der Waals surface area contributed by atoms with E-state index < -0.39 is 0 Å². The van der Waals surface area contributed by atoms with Crippen molar-refractivity contribution in [3.63, 3.8) is 0 Å². The van der Waals surface area contributed by atoms with Crippen molar-refractivity contribution in [2.75, 3.05) is 55.5 Å². The number of morpholine rings is 1. The van der Waals surface area contributed by atoms with Gasteiger partial charge in [0.1, 0.15) is 17.3 Å². The van der Waals surface area contributed by atoms with Gasteiger partial charge in [0.15, 0.2) is 0 Å². The van der Waals surface area contributed by atoms with Gasteiger partial charge in [-0.25, -0.2) is 4.39 Å². The number of amides is 1. The van der Waals surface area contributed by atoms with E-state index in [-0.39, 0.29) is 22.7 Å². The summed E-state index contributed by atoms with van der Waals surface area (Å²) in [6, 6.07) is 10.4. The average Bonchev–Trinajstić information content (AvgIpc) is 2.80. The highest BCUT2D eigenvalue weighted by molar-refractivity contribution is 8.00. The van der Waals surface area contributed by atoms with Gasteiger partial charge in [0.05, 0.1) is 43.6 Å². The molecule has 0 saturated carbocycles. The van der Waals surface area contributed by atoms with E-state index in [1.54, 1.807) is 18.2 Å². The number of ether oxygens (including phenoxy) is 3. The molecule has 8 heteroatoms. The van der Waals surface area contributed by atoms with Gasteiger partial charge in [-0.3, -0.25) is 4.79 Å². The van der Waals surface area contributed by atoms with Crippen molar-refractivity contribution < 1.29 is 23.4 Å². The van der Waals surface area contributed by atoms with Crippen molar-refractivity contribution in [2.24, 2.45) is 0 Å². The molecule has 1 aliphatic heterocycles. The van der Waals surface area contributed by atoms with Crippen LogP contribution in [0.1, 0.15) is 31.6 Å². The number of halogens is 1. The summed E-state index contributed by atoms with van der Waals surface area (Å²) >= 11 is 1.38. The van der Waals surface area contributed by atoms with Crippen LogP contribution in [0.3, 0.4) is 0 Å². The van der Waals surface area contributed by atoms with E-state index in [4.69, 9.17) is 14.2 Å². The van der Waals surface area contributed by atoms with Crippen LogP contribution in [-0.4, -0.2) is 51.2 Å². The van der Waals surface area contributed by atoms with Crippen molar-refractivity contribution in [3.8, 4) is 11.5 Å². The highest BCUT2D eigenvalue weighted by Gasteiger charge is 2.21. The summed E-state index contributed by atoms with van der Waals surface area (Å²) in [5, 5.41) is 2.80. The van der Waals surface area contributed by atoms with E-state index in [0.717, 1.165) is 18.8 Å². The van der Waals surface area contributed by atoms with Gasteiger partial charge in [-0.2, -0.15) is 0 Å². The molecule has 1 saturated heterocycles. The molecule has 1 N–H and O–H groups in total. The second-order valence-electron chi connectivity index (χ2n) is 7.30. The Hall–Kier alpha value is -2.45. The van der Waals surface area contributed by atoms with Crippen molar-refractivity contribution in [1.29, 1.82) is 0 Å². The Kier molecular flexibility index (Phi) is 9.05. The van der Waals surface area contributed by atoms with Gasteiger partial charge in [0, 0.05) is 36.0 Å². The lowest BCUT2D eigenvalue weighted by Crippen LogP contribution is -2.36. The largest absolute Gasteiger partial charge is 0.492 e. The van der Waals surface area contributed by atoms with Crippen LogP contribution in [0.25, 0.3) is 0 Å². The molecule has 1 aliphatic rings. The highest BCUT2D eigenvalue weighted by Crippen LogP contribution is 2.39. The van der Waals surface area contributed by atoms with E-state index in [0.29, 0.717) is 49.2 Å². The Morgan fingerprint density at radius 1 is 1.16 bits per heavy atom. The van der Waals surface area contributed by atoms with E-state index >= 15 is 0 Å². The zero-order valence-electron chi connectivity index (χ0n) is 18.9. The molecule has 2 aromatic carbocycles. The Labute approximate surface area is 193 Å². The van der Waals surface area contributed by atoms with Crippen molar-refractivity contribution in [3.05, 3.63) is 47.8 Å². The number of benzene rings is 2. The van der Waals surface area contributed by atoms with Crippen molar-refractivity contribution in [1.82, 2.24) is 0 Å². The van der Waals surface area contributed by atoms with Crippen LogP contribution in [0.15, 0.2) is 36.4 Å². The summed E-state index contributed by atoms with van der Waals surface area (Å²) in [4.78, 5) is 14.9. The Morgan fingerprint density at radius 2 is 1.84 bits per heavy atom. The number of nitrogens with one attached hydrogen (secondary N) is 1. The molecule has 1 atom stereocenters. The molecule has 174 valence electrons. The minimum Gasteiger partial charge on any atom is -0.492 e. The Balaban J connectivity index is 1.74. The molecule has 0 aliphatic carbocycles. The molecule has 3 rings (SSSR count). The fraction of sp³-hybridized carbons (Fsp3) is 0.458. The van der Waals surface area contributed by atoms with Crippen LogP contribution in [0, 0.1) is 5.82 Å². The maximum atomic E-state index is 14.0. The predicted molar refractivity (Wildman–Crippen MR) is 128 cm³/mol. The smallest absolute Gasteiger partial charge is 0.234 e. The first kappa shape index (κ1) is 24.2. The molecular formula is C24H31FN2O4S. The van der Waals surface area contributed by atoms with E-state index in [2.05, 4.69) is 10.2 Å². The zero-order valence-corrected chi connectivity index (χ0v) is 19.7. The van der Waals surface area contributed by atoms with Crippen LogP contribution < -0.4 is 19.7 Å². The highest BCUT2D eigenvalue weighted by atomic mass is 32.2. The van der Waals surface area contributed by atoms with Crippen LogP contribution in [-0.2, 0) is 9.53 Å². The molecule has 1 amide bonds. The number of rotatable bonds is 10. The fourth-order valence-electron chi connectivity index (χ4n) is 3.53. The van der Waals surface area contributed by atoms with E-state index in [1.807, 2.05) is 32.9 Å². The van der Waals surface area contributed by atoms with E-state index in [1.165, 1.54) is 17.8 Å². The number of hydrogen-bond donors (Lipinski definition) is 1. The molecule has 0 spiro atoms. The molecule has 0 aromatic heterocycles. The van der Waals surface area contributed by atoms with Gasteiger partial charge >= 0.3 is 0 Å². The summed E-state index contributed by atoms with van der Waals surface area (Å²) in [5.41, 5.74) is 2.09. The Bertz CT molecular complexity index is 906. The monoisotopic (exact) mass is 462 g/mol. The number of anilines is 2. The minimum atomic E-state index is -0.258. The second-order valence-corrected chi connectivity index (χ2v) is 8.63. The topological polar surface area (TPSA) is 60.0 Å². The van der Waals surface area contributed by atoms with E-state index in [9.17, 15) is 9.18 Å². The molecule has 6 nitrogen and oxygen atoms in total. The van der Waals surface area contributed by atoms with Gasteiger partial charge in [-0.1, -0.05) is 18.2 Å². The molecule has 0 bridgehead atoms. The minimum absolute atomic E-state index is 0.143. The molecule has 2 aromatic rings. The quantitative estimate of drug-likeness (QED) is 0.542. The summed E-state index contributed by atoms with van der Waals surface area (Å²) < 4.78 is 31.2. The molecule has 1 fully saturated rings. The lowest BCUT2D eigenvalue weighted by Gasteiger charge is -2.31. The summed E-state index contributed by atoms with van der Waals surface area (Å²) in [7, 11) is 0. The van der Waals surface area contributed by atoms with Crippen LogP contribution in [0.5, 0.6) is 11.5 Å². The zero-order chi connectivity index (χ0) is 22.9. The van der Waals surface area contributed by atoms with Gasteiger partial charge in [-0.05, 0) is 26.8 Å². The lowest BCUT2D eigenvalue weighted by atomic mass is 10.1. The predicted octanol–water partition coefficient (Wildman–Crippen LogP) is 4.89. The van der Waals surface area contributed by atoms with Crippen molar-refractivity contribution in [2.45, 2.75) is 26.0 Å². The third kappa shape index (κ3) is 6.29.